The van der Waals surface area contributed by atoms with Crippen molar-refractivity contribution in [2.75, 3.05) is 0 Å². The molecule has 0 amide bonds. The van der Waals surface area contributed by atoms with Gasteiger partial charge < -0.3 is 0 Å². The first-order valence-corrected chi connectivity index (χ1v) is 5.43. The number of allylic oxidation sites excluding steroid dienone is 3. The van der Waals surface area contributed by atoms with Gasteiger partial charge in [-0.3, -0.25) is 4.79 Å². The number of hydrogen-bond donors (Lipinski definition) is 0. The summed E-state index contributed by atoms with van der Waals surface area (Å²) >= 11 is 0. The fraction of sp³-hybridized carbons (Fsp3) is 0.267. The van der Waals surface area contributed by atoms with Crippen molar-refractivity contribution in [3.8, 4) is 0 Å². The van der Waals surface area contributed by atoms with Crippen molar-refractivity contribution in [3.05, 3.63) is 53.6 Å². The first-order chi connectivity index (χ1) is 7.54. The van der Waals surface area contributed by atoms with Gasteiger partial charge in [0.05, 0.1) is 0 Å². The van der Waals surface area contributed by atoms with E-state index < -0.39 is 0 Å². The van der Waals surface area contributed by atoms with Crippen molar-refractivity contribution in [1.82, 2.24) is 0 Å². The van der Waals surface area contributed by atoms with Gasteiger partial charge in [-0.2, -0.15) is 0 Å². The topological polar surface area (TPSA) is 17.1 Å². The predicted molar refractivity (Wildman–Crippen MR) is 69.1 cm³/mol. The molecule has 0 atom stereocenters. The van der Waals surface area contributed by atoms with Crippen molar-refractivity contribution in [3.63, 3.8) is 0 Å². The van der Waals surface area contributed by atoms with Crippen LogP contribution in [0.25, 0.3) is 6.08 Å². The summed E-state index contributed by atoms with van der Waals surface area (Å²) in [5.74, 6) is 0. The molecular formula is C15H18O. The molecular weight excluding hydrogens is 196 g/mol. The molecule has 1 heteroatoms. The van der Waals surface area contributed by atoms with Crippen molar-refractivity contribution in [2.24, 2.45) is 5.41 Å². The minimum atomic E-state index is -0.00775. The normalized spacial score (nSPS) is 13.1. The van der Waals surface area contributed by atoms with Crippen LogP contribution < -0.4 is 0 Å². The Labute approximate surface area is 97.5 Å². The molecule has 0 aliphatic carbocycles. The van der Waals surface area contributed by atoms with E-state index in [2.05, 4.69) is 20.8 Å². The van der Waals surface area contributed by atoms with Crippen LogP contribution in [0.3, 0.4) is 0 Å². The van der Waals surface area contributed by atoms with E-state index in [9.17, 15) is 4.79 Å². The smallest absolute Gasteiger partial charge is 0.143 e. The fourth-order valence-electron chi connectivity index (χ4n) is 1.38. The Morgan fingerprint density at radius 1 is 1.12 bits per heavy atom. The standard InChI is InChI=1S/C15H18O/c1-15(2,3)14(11-12-16)10-9-13-7-5-4-6-8-13/h4-12H,1-3H3/b10-9+,14-11+. The molecule has 16 heavy (non-hydrogen) atoms. The zero-order chi connectivity index (χ0) is 12.0. The lowest BCUT2D eigenvalue weighted by molar-refractivity contribution is -0.104. The molecule has 1 aromatic carbocycles. The third-order valence-corrected chi connectivity index (χ3v) is 2.37. The summed E-state index contributed by atoms with van der Waals surface area (Å²) in [6.45, 7) is 6.28. The highest BCUT2D eigenvalue weighted by atomic mass is 16.1. The van der Waals surface area contributed by atoms with Gasteiger partial charge in [0.1, 0.15) is 6.29 Å². The molecule has 0 spiro atoms. The summed E-state index contributed by atoms with van der Waals surface area (Å²) in [6, 6.07) is 10.1. The Bertz CT molecular complexity index is 391. The number of hydrogen-bond acceptors (Lipinski definition) is 1. The highest BCUT2D eigenvalue weighted by molar-refractivity contribution is 5.69. The quantitative estimate of drug-likeness (QED) is 0.424. The predicted octanol–water partition coefficient (Wildman–Crippen LogP) is 3.87. The van der Waals surface area contributed by atoms with Gasteiger partial charge in [0.15, 0.2) is 0 Å². The molecule has 1 nitrogen and oxygen atoms in total. The Morgan fingerprint density at radius 3 is 2.25 bits per heavy atom. The maximum absolute atomic E-state index is 10.6. The highest BCUT2D eigenvalue weighted by Crippen LogP contribution is 2.26. The number of aldehydes is 1. The van der Waals surface area contributed by atoms with Crippen LogP contribution >= 0.6 is 0 Å². The van der Waals surface area contributed by atoms with E-state index in [4.69, 9.17) is 0 Å². The molecule has 0 aliphatic heterocycles. The Hall–Kier alpha value is -1.63. The molecule has 0 saturated carbocycles. The SMILES string of the molecule is CC(C)(C)C(/C=C/c1ccccc1)=C/C=O. The van der Waals surface area contributed by atoms with Crippen LogP contribution in [0.4, 0.5) is 0 Å². The summed E-state index contributed by atoms with van der Waals surface area (Å²) in [7, 11) is 0. The average Bonchev–Trinajstić information content (AvgIpc) is 2.24. The molecule has 1 aromatic rings. The molecule has 0 saturated heterocycles. The van der Waals surface area contributed by atoms with Crippen LogP contribution in [0.5, 0.6) is 0 Å². The van der Waals surface area contributed by atoms with E-state index in [-0.39, 0.29) is 5.41 Å². The second-order valence-corrected chi connectivity index (χ2v) is 4.75. The minimum Gasteiger partial charge on any atom is -0.299 e. The molecule has 0 radical (unpaired) electrons. The Balaban J connectivity index is 2.90. The zero-order valence-corrected chi connectivity index (χ0v) is 10.1. The van der Waals surface area contributed by atoms with Gasteiger partial charge in [0, 0.05) is 0 Å². The maximum Gasteiger partial charge on any atom is 0.143 e. The van der Waals surface area contributed by atoms with Gasteiger partial charge in [-0.1, -0.05) is 63.3 Å². The van der Waals surface area contributed by atoms with E-state index in [1.165, 1.54) is 0 Å². The van der Waals surface area contributed by atoms with Crippen LogP contribution in [-0.4, -0.2) is 6.29 Å². The number of carbonyl (C=O) groups excluding carboxylic acids is 1. The molecule has 1 rings (SSSR count). The lowest BCUT2D eigenvalue weighted by Gasteiger charge is -2.19. The van der Waals surface area contributed by atoms with Gasteiger partial charge in [-0.15, -0.1) is 0 Å². The average molecular weight is 214 g/mol. The van der Waals surface area contributed by atoms with Gasteiger partial charge >= 0.3 is 0 Å². The van der Waals surface area contributed by atoms with E-state index in [1.54, 1.807) is 6.08 Å². The molecule has 0 fully saturated rings. The van der Waals surface area contributed by atoms with E-state index in [0.29, 0.717) is 0 Å². The van der Waals surface area contributed by atoms with Crippen LogP contribution in [0.1, 0.15) is 26.3 Å². The van der Waals surface area contributed by atoms with Gasteiger partial charge in [0.2, 0.25) is 0 Å². The molecule has 0 heterocycles. The lowest BCUT2D eigenvalue weighted by atomic mass is 9.86. The molecule has 0 bridgehead atoms. The summed E-state index contributed by atoms with van der Waals surface area (Å²) in [4.78, 5) is 10.6. The first-order valence-electron chi connectivity index (χ1n) is 5.43. The molecule has 0 N–H and O–H groups in total. The van der Waals surface area contributed by atoms with Crippen LogP contribution in [0.2, 0.25) is 0 Å². The maximum atomic E-state index is 10.6. The minimum absolute atomic E-state index is 0.00775. The molecule has 0 aliphatic rings. The van der Waals surface area contributed by atoms with E-state index in [0.717, 1.165) is 17.4 Å². The largest absolute Gasteiger partial charge is 0.299 e. The third kappa shape index (κ3) is 3.85. The zero-order valence-electron chi connectivity index (χ0n) is 10.1. The second kappa shape index (κ2) is 5.45. The van der Waals surface area contributed by atoms with Crippen LogP contribution in [0.15, 0.2) is 48.1 Å². The summed E-state index contributed by atoms with van der Waals surface area (Å²) < 4.78 is 0. The van der Waals surface area contributed by atoms with Crippen LogP contribution in [-0.2, 0) is 4.79 Å². The van der Waals surface area contributed by atoms with Gasteiger partial charge in [-0.25, -0.2) is 0 Å². The summed E-state index contributed by atoms with van der Waals surface area (Å²) in [5, 5.41) is 0. The Kier molecular flexibility index (Phi) is 4.24. The first kappa shape index (κ1) is 12.4. The van der Waals surface area contributed by atoms with Gasteiger partial charge in [0.25, 0.3) is 0 Å². The molecule has 84 valence electrons. The van der Waals surface area contributed by atoms with Gasteiger partial charge in [-0.05, 0) is 22.6 Å². The molecule has 0 aromatic heterocycles. The van der Waals surface area contributed by atoms with E-state index >= 15 is 0 Å². The second-order valence-electron chi connectivity index (χ2n) is 4.75. The monoisotopic (exact) mass is 214 g/mol. The lowest BCUT2D eigenvalue weighted by Crippen LogP contribution is -2.07. The Morgan fingerprint density at radius 2 is 1.75 bits per heavy atom. The van der Waals surface area contributed by atoms with Crippen molar-refractivity contribution in [1.29, 1.82) is 0 Å². The van der Waals surface area contributed by atoms with Crippen molar-refractivity contribution < 1.29 is 4.79 Å². The fourth-order valence-corrected chi connectivity index (χ4v) is 1.38. The van der Waals surface area contributed by atoms with Crippen LogP contribution in [0, 0.1) is 5.41 Å². The summed E-state index contributed by atoms with van der Waals surface area (Å²) in [5.41, 5.74) is 2.17. The number of rotatable bonds is 3. The molecule has 0 unspecified atom stereocenters. The highest BCUT2D eigenvalue weighted by Gasteiger charge is 2.13. The van der Waals surface area contributed by atoms with Crippen molar-refractivity contribution in [2.45, 2.75) is 20.8 Å². The number of carbonyl (C=O) groups is 1. The van der Waals surface area contributed by atoms with E-state index in [1.807, 2.05) is 42.5 Å². The van der Waals surface area contributed by atoms with Crippen molar-refractivity contribution >= 4 is 12.4 Å². The number of benzene rings is 1. The third-order valence-electron chi connectivity index (χ3n) is 2.37. The summed E-state index contributed by atoms with van der Waals surface area (Å²) in [6.07, 6.45) is 6.50.